The van der Waals surface area contributed by atoms with Crippen molar-refractivity contribution in [2.75, 3.05) is 75.0 Å². The monoisotopic (exact) mass is 1820 g/mol. The summed E-state index contributed by atoms with van der Waals surface area (Å²) in [4.78, 5) is 67.4. The zero-order chi connectivity index (χ0) is 92.2. The third-order valence-electron chi connectivity index (χ3n) is 21.8. The summed E-state index contributed by atoms with van der Waals surface area (Å²) in [6.45, 7) is 24.7. The molecule has 0 radical (unpaired) electrons. The molecule has 0 saturated carbocycles. The standard InChI is InChI=1S/C33H38N8O3.C28H30N8O.C22H18FN7.C11H21NO3.C4H9O.K.H2/c1-33(2,3)44-32(42)40-12-9-24(20-40)11-14-43-27-10-13-41-29(19-35-31(41)15-27)28-16-30(37-22-36-28)34-17-23-5-7-25(8-6-23)26-18-38-39(4)21-26;1-35-18-23(16-34-35)22-4-2-20(3-5-22)15-30-27-13-25(32-19-33-27)26-17-31-28-12-24(7-10-36(26)28)37-11-8-21-6-9-29-14-21;1-29-13-17(11-28-29)16-4-2-15(3-5-16)10-24-21-9-19(26-14-27-21)20-12-25-22-8-18(23)6-7-30(20)22;1-11(2,3)15-10(14)12-6-4-9(8-12)5-7-13;1-4(2,3)5;;/h5-8,10,13,15-16,18-19,21-22,24H,9,11-12,14,17,20H2,1-4H3,(H,34,36,37);2-5,7,10,12-13,16-19,21,29H,6,8-9,11,14-15H2,1H3,(H,30,32,33);2-9,11-14H,10H2,1H3,(H,24,26,27);9,13H,4-8H2,1-3H3;1-3H3;;1H/q;;;;-1;+1;. The second-order valence-corrected chi connectivity index (χ2v) is 35.8. The van der Waals surface area contributed by atoms with Crippen LogP contribution in [-0.4, -0.2) is 190 Å². The molecule has 2 amide bonds. The number of aryl methyl sites for hydroxylation is 3. The zero-order valence-corrected chi connectivity index (χ0v) is 80.5. The van der Waals surface area contributed by atoms with Crippen molar-refractivity contribution in [1.82, 2.24) is 103 Å². The molecule has 15 aromatic rings. The minimum atomic E-state index is -0.750. The average molecular weight is 1820 g/mol. The van der Waals surface area contributed by atoms with Crippen LogP contribution < -0.4 is 87.2 Å². The van der Waals surface area contributed by atoms with Crippen LogP contribution in [0.15, 0.2) is 221 Å². The van der Waals surface area contributed by atoms with Gasteiger partial charge in [-0.05, 0) is 162 Å². The summed E-state index contributed by atoms with van der Waals surface area (Å²) < 4.78 is 47.5. The molecule has 32 nitrogen and oxygen atoms in total. The number of hydrogen-bond acceptors (Lipinski definition) is 24. The smallest absolute Gasteiger partial charge is 0.850 e. The summed E-state index contributed by atoms with van der Waals surface area (Å²) in [7, 11) is 5.75. The molecule has 0 bridgehead atoms. The maximum atomic E-state index is 13.4. The average Bonchev–Trinajstić information content (AvgIpc) is 1.67. The Morgan fingerprint density at radius 1 is 0.462 bits per heavy atom. The quantitative estimate of drug-likeness (QED) is 0.0332. The first-order valence-corrected chi connectivity index (χ1v) is 44.2. The Kier molecular flexibility index (Phi) is 33.2. The van der Waals surface area contributed by atoms with Crippen molar-refractivity contribution >= 4 is 46.6 Å². The van der Waals surface area contributed by atoms with Gasteiger partial charge in [0.1, 0.15) is 81.9 Å². The number of carbonyl (C=O) groups excluding carboxylic acids is 2. The molecule has 3 atom stereocenters. The number of fused-ring (bicyclic) bond motifs is 3. The van der Waals surface area contributed by atoms with Gasteiger partial charge in [0.25, 0.3) is 0 Å². The minimum absolute atomic E-state index is 0. The van der Waals surface area contributed by atoms with Crippen molar-refractivity contribution in [2.45, 2.75) is 137 Å². The van der Waals surface area contributed by atoms with Crippen molar-refractivity contribution < 1.29 is 96.0 Å². The molecule has 34 heteroatoms. The largest absolute Gasteiger partial charge is 1.00 e. The molecule has 0 aliphatic carbocycles. The van der Waals surface area contributed by atoms with Gasteiger partial charge in [-0.1, -0.05) is 93.6 Å². The van der Waals surface area contributed by atoms with E-state index in [9.17, 15) is 19.1 Å². The Morgan fingerprint density at radius 2 is 0.818 bits per heavy atom. The van der Waals surface area contributed by atoms with Crippen LogP contribution in [0.2, 0.25) is 0 Å². The van der Waals surface area contributed by atoms with Gasteiger partial charge in [-0.15, -0.1) is 5.60 Å². The number of nitrogens with one attached hydrogen (secondary N) is 4. The molecule has 3 aromatic carbocycles. The van der Waals surface area contributed by atoms with Gasteiger partial charge in [-0.2, -0.15) is 15.3 Å². The van der Waals surface area contributed by atoms with Crippen LogP contribution in [-0.2, 0) is 50.3 Å². The molecule has 3 unspecified atom stereocenters. The van der Waals surface area contributed by atoms with E-state index < -0.39 is 16.8 Å². The van der Waals surface area contributed by atoms with E-state index in [0.717, 1.165) is 179 Å². The third kappa shape index (κ3) is 28.3. The molecule has 3 saturated heterocycles. The minimum Gasteiger partial charge on any atom is -0.850 e. The van der Waals surface area contributed by atoms with E-state index in [1.54, 1.807) is 69.4 Å². The van der Waals surface area contributed by atoms with Gasteiger partial charge in [0, 0.05) is 165 Å². The van der Waals surface area contributed by atoms with E-state index in [4.69, 9.17) is 24.1 Å². The fourth-order valence-corrected chi connectivity index (χ4v) is 15.1. The number of aromatic nitrogens is 18. The molecule has 18 rings (SSSR count). The number of halogens is 1. The molecular formula is C98H118FKN24O8. The van der Waals surface area contributed by atoms with E-state index in [2.05, 4.69) is 154 Å². The molecule has 0 spiro atoms. The second-order valence-electron chi connectivity index (χ2n) is 35.8. The van der Waals surface area contributed by atoms with E-state index in [1.165, 1.54) is 30.4 Å². The predicted molar refractivity (Wildman–Crippen MR) is 503 cm³/mol. The number of rotatable bonds is 25. The van der Waals surface area contributed by atoms with Crippen molar-refractivity contribution in [1.29, 1.82) is 0 Å². The van der Waals surface area contributed by atoms with Gasteiger partial charge in [0.2, 0.25) is 0 Å². The number of likely N-dealkylation sites (tertiary alicyclic amines) is 2. The molecule has 15 heterocycles. The number of ether oxygens (including phenoxy) is 4. The van der Waals surface area contributed by atoms with Crippen molar-refractivity contribution in [2.24, 2.45) is 38.9 Å². The summed E-state index contributed by atoms with van der Waals surface area (Å²) >= 11 is 0. The van der Waals surface area contributed by atoms with Crippen LogP contribution in [0.1, 0.15) is 119 Å². The molecule has 3 aliphatic rings. The molecular weight excluding hydrogens is 1700 g/mol. The van der Waals surface area contributed by atoms with Gasteiger partial charge >= 0.3 is 63.6 Å². The van der Waals surface area contributed by atoms with Crippen LogP contribution >= 0.6 is 0 Å². The van der Waals surface area contributed by atoms with Gasteiger partial charge in [0.15, 0.2) is 0 Å². The Bertz CT molecular complexity index is 6250. The summed E-state index contributed by atoms with van der Waals surface area (Å²) in [5, 5.41) is 45.2. The number of nitrogens with zero attached hydrogens (tertiary/aromatic N) is 20. The number of amides is 2. The Labute approximate surface area is 812 Å². The zero-order valence-electron chi connectivity index (χ0n) is 77.4. The predicted octanol–water partition coefficient (Wildman–Crippen LogP) is 13.0. The normalized spacial score (nSPS) is 14.8. The fraction of sp³-hybridized carbons (Fsp3) is 0.367. The van der Waals surface area contributed by atoms with Crippen LogP contribution in [0.25, 0.3) is 84.5 Å². The third-order valence-corrected chi connectivity index (χ3v) is 21.8. The first kappa shape index (κ1) is 97.1. The van der Waals surface area contributed by atoms with Crippen molar-refractivity contribution in [3.05, 3.63) is 243 Å². The number of hydrogen-bond donors (Lipinski definition) is 5. The van der Waals surface area contributed by atoms with E-state index in [-0.39, 0.29) is 77.4 Å². The fourth-order valence-electron chi connectivity index (χ4n) is 15.1. The van der Waals surface area contributed by atoms with Crippen LogP contribution in [0.5, 0.6) is 11.5 Å². The van der Waals surface area contributed by atoms with E-state index in [0.29, 0.717) is 67.7 Å². The van der Waals surface area contributed by atoms with E-state index >= 15 is 0 Å². The number of anilines is 3. The van der Waals surface area contributed by atoms with Gasteiger partial charge in [-0.25, -0.2) is 58.8 Å². The molecule has 3 fully saturated rings. The number of aliphatic hydroxyl groups is 1. The Morgan fingerprint density at radius 3 is 1.16 bits per heavy atom. The maximum Gasteiger partial charge on any atom is 1.00 e. The maximum absolute atomic E-state index is 13.4. The summed E-state index contributed by atoms with van der Waals surface area (Å²) in [6, 6.07) is 41.6. The number of benzene rings is 3. The van der Waals surface area contributed by atoms with E-state index in [1.807, 2.05) is 181 Å². The molecule has 686 valence electrons. The summed E-state index contributed by atoms with van der Waals surface area (Å²) in [5.74, 6) is 5.03. The first-order chi connectivity index (χ1) is 63.0. The Hall–Kier alpha value is -12.4. The summed E-state index contributed by atoms with van der Waals surface area (Å²) in [6.07, 6.45) is 32.6. The van der Waals surface area contributed by atoms with Crippen LogP contribution in [0, 0.1) is 23.6 Å². The van der Waals surface area contributed by atoms with Crippen molar-refractivity contribution in [3.8, 4) is 79.0 Å². The van der Waals surface area contributed by atoms with Gasteiger partial charge in [0.05, 0.1) is 84.6 Å². The molecule has 3 aliphatic heterocycles. The van der Waals surface area contributed by atoms with Gasteiger partial charge in [-0.3, -0.25) is 27.2 Å². The SMILES string of the molecule is CC(C)(C)OC(=O)N1CCC(CCO)C1.CC(C)(C)[O-].Cn1cc(-c2ccc(CNc3cc(-c4cnc5cc(F)ccn45)ncn3)cc2)cn1.Cn1cc(-c2ccc(CNc3cc(-c4cnc5cc(OCCC6CCN(C(=O)OC(C)(C)C)C6)ccn45)ncn3)cc2)cn1.Cn1cc(-c2ccc(CNc3cc(-c4cnc5cc(OCCC6CCNC6)ccn45)ncn3)cc2)cn1.[HH].[K+]. The molecule has 132 heavy (non-hydrogen) atoms. The summed E-state index contributed by atoms with van der Waals surface area (Å²) in [5.41, 5.74) is 15.5. The Balaban J connectivity index is 0.000000164. The number of aliphatic hydroxyl groups excluding tert-OH is 1. The molecule has 12 aromatic heterocycles. The topological polar surface area (TPSA) is 352 Å². The number of imidazole rings is 3. The van der Waals surface area contributed by atoms with Crippen molar-refractivity contribution in [3.63, 3.8) is 0 Å². The number of pyridine rings is 3. The van der Waals surface area contributed by atoms with Gasteiger partial charge < -0.3 is 60.2 Å². The van der Waals surface area contributed by atoms with Crippen LogP contribution in [0.3, 0.4) is 0 Å². The second kappa shape index (κ2) is 45.1. The number of carbonyl (C=O) groups is 2. The molecule has 5 N–H and O–H groups in total. The first-order valence-electron chi connectivity index (χ1n) is 44.2. The van der Waals surface area contributed by atoms with Crippen LogP contribution in [0.4, 0.5) is 31.4 Å².